The van der Waals surface area contributed by atoms with Gasteiger partial charge >= 0.3 is 0 Å². The molecule has 0 aliphatic rings. The minimum Gasteiger partial charge on any atom is -0.304 e. The average molecular weight is 413 g/mol. The van der Waals surface area contributed by atoms with Gasteiger partial charge in [-0.25, -0.2) is 17.9 Å². The Labute approximate surface area is 164 Å². The quantitative estimate of drug-likeness (QED) is 0.600. The number of aryl methyl sites for hydroxylation is 1. The fourth-order valence-electron chi connectivity index (χ4n) is 2.68. The zero-order chi connectivity index (χ0) is 18.2. The van der Waals surface area contributed by atoms with Crippen molar-refractivity contribution in [1.29, 1.82) is 0 Å². The van der Waals surface area contributed by atoms with Gasteiger partial charge in [0.2, 0.25) is 9.84 Å². The van der Waals surface area contributed by atoms with Gasteiger partial charge in [0.25, 0.3) is 0 Å². The van der Waals surface area contributed by atoms with Crippen LogP contribution in [0.1, 0.15) is 11.4 Å². The first-order valence-electron chi connectivity index (χ1n) is 7.72. The molecular formula is C17H21ClN4O2S2. The highest BCUT2D eigenvalue weighted by molar-refractivity contribution is 7.99. The largest absolute Gasteiger partial charge is 0.304 e. The molecule has 0 saturated heterocycles. The van der Waals surface area contributed by atoms with Gasteiger partial charge in [0.05, 0.1) is 10.6 Å². The molecular weight excluding hydrogens is 392 g/mol. The van der Waals surface area contributed by atoms with Crippen LogP contribution in [0.15, 0.2) is 51.2 Å². The van der Waals surface area contributed by atoms with E-state index in [9.17, 15) is 8.42 Å². The van der Waals surface area contributed by atoms with E-state index >= 15 is 0 Å². The molecule has 3 rings (SSSR count). The summed E-state index contributed by atoms with van der Waals surface area (Å²) in [5.74, 6) is 0. The van der Waals surface area contributed by atoms with Gasteiger partial charge in [0.1, 0.15) is 5.03 Å². The van der Waals surface area contributed by atoms with Crippen LogP contribution in [0, 0.1) is 6.92 Å². The molecule has 0 atom stereocenters. The van der Waals surface area contributed by atoms with Crippen molar-refractivity contribution in [3.05, 3.63) is 47.8 Å². The van der Waals surface area contributed by atoms with E-state index in [1.807, 2.05) is 38.2 Å². The molecule has 0 saturated carbocycles. The molecule has 0 aliphatic carbocycles. The third-order valence-corrected chi connectivity index (χ3v) is 6.35. The summed E-state index contributed by atoms with van der Waals surface area (Å²) in [7, 11) is 0.195. The Bertz CT molecular complexity index is 1020. The van der Waals surface area contributed by atoms with Crippen molar-refractivity contribution in [3.63, 3.8) is 0 Å². The van der Waals surface area contributed by atoms with Crippen LogP contribution < -0.4 is 0 Å². The van der Waals surface area contributed by atoms with Crippen LogP contribution in [0.25, 0.3) is 5.65 Å². The Morgan fingerprint density at radius 1 is 1.19 bits per heavy atom. The normalized spacial score (nSPS) is 11.7. The van der Waals surface area contributed by atoms with Crippen molar-refractivity contribution in [2.24, 2.45) is 0 Å². The molecule has 0 radical (unpaired) electrons. The summed E-state index contributed by atoms with van der Waals surface area (Å²) in [5, 5.41) is 4.93. The van der Waals surface area contributed by atoms with E-state index in [4.69, 9.17) is 0 Å². The van der Waals surface area contributed by atoms with Crippen LogP contribution in [-0.4, -0.2) is 48.3 Å². The van der Waals surface area contributed by atoms with Crippen LogP contribution in [-0.2, 0) is 16.4 Å². The van der Waals surface area contributed by atoms with E-state index in [1.165, 1.54) is 11.8 Å². The van der Waals surface area contributed by atoms with Gasteiger partial charge in [-0.05, 0) is 45.5 Å². The number of hydrogen-bond acceptors (Lipinski definition) is 6. The van der Waals surface area contributed by atoms with Crippen molar-refractivity contribution in [3.8, 4) is 0 Å². The second-order valence-corrected chi connectivity index (χ2v) is 8.70. The lowest BCUT2D eigenvalue weighted by Crippen LogP contribution is -2.13. The predicted octanol–water partition coefficient (Wildman–Crippen LogP) is 3.08. The Morgan fingerprint density at radius 3 is 2.42 bits per heavy atom. The maximum atomic E-state index is 13.2. The van der Waals surface area contributed by atoms with Gasteiger partial charge in [0, 0.05) is 12.2 Å². The number of thioether (sulfide) groups is 1. The molecule has 2 heterocycles. The molecule has 0 fully saturated rings. The Kier molecular flexibility index (Phi) is 6.33. The van der Waals surface area contributed by atoms with Crippen LogP contribution in [0.4, 0.5) is 0 Å². The molecule has 6 nitrogen and oxygen atoms in total. The highest BCUT2D eigenvalue weighted by Crippen LogP contribution is 2.32. The Morgan fingerprint density at radius 2 is 1.85 bits per heavy atom. The first-order chi connectivity index (χ1) is 11.8. The Hall–Kier alpha value is -1.61. The summed E-state index contributed by atoms with van der Waals surface area (Å²) in [4.78, 5) is 7.02. The minimum absolute atomic E-state index is 0. The van der Waals surface area contributed by atoms with Crippen LogP contribution in [0.3, 0.4) is 0 Å². The summed E-state index contributed by atoms with van der Waals surface area (Å²) in [6, 6.07) is 10.4. The number of hydrogen-bond donors (Lipinski definition) is 0. The first kappa shape index (κ1) is 20.7. The Balaban J connectivity index is 0.00000243. The number of fused-ring (bicyclic) bond motifs is 1. The number of aromatic nitrogens is 3. The number of benzene rings is 1. The van der Waals surface area contributed by atoms with Gasteiger partial charge in [-0.15, -0.1) is 24.2 Å². The van der Waals surface area contributed by atoms with E-state index in [1.54, 1.807) is 34.8 Å². The highest BCUT2D eigenvalue weighted by atomic mass is 35.5. The topological polar surface area (TPSA) is 67.6 Å². The zero-order valence-electron chi connectivity index (χ0n) is 15.0. The van der Waals surface area contributed by atoms with Crippen LogP contribution in [0.2, 0.25) is 0 Å². The summed E-state index contributed by atoms with van der Waals surface area (Å²) in [5.41, 5.74) is 2.05. The number of halogens is 1. The smallest absolute Gasteiger partial charge is 0.213 e. The SMILES string of the molecule is CSc1nn2c(C)cc(CN(C)C)nc2c1S(=O)(=O)c1ccccc1.Cl. The maximum absolute atomic E-state index is 13.2. The summed E-state index contributed by atoms with van der Waals surface area (Å²) in [6.45, 7) is 2.53. The fourth-order valence-corrected chi connectivity index (χ4v) is 5.09. The molecule has 2 aromatic heterocycles. The molecule has 0 aliphatic heterocycles. The van der Waals surface area contributed by atoms with Crippen LogP contribution >= 0.6 is 24.2 Å². The highest BCUT2D eigenvalue weighted by Gasteiger charge is 2.29. The number of sulfone groups is 1. The third kappa shape index (κ3) is 3.73. The molecule has 0 bridgehead atoms. The third-order valence-electron chi connectivity index (χ3n) is 3.74. The number of rotatable bonds is 5. The lowest BCUT2D eigenvalue weighted by atomic mass is 10.3. The summed E-state index contributed by atoms with van der Waals surface area (Å²) < 4.78 is 28.0. The van der Waals surface area contributed by atoms with E-state index in [-0.39, 0.29) is 22.2 Å². The van der Waals surface area contributed by atoms with Crippen molar-refractivity contribution in [1.82, 2.24) is 19.5 Å². The molecule has 0 spiro atoms. The van der Waals surface area contributed by atoms with Crippen molar-refractivity contribution in [2.45, 2.75) is 28.3 Å². The first-order valence-corrected chi connectivity index (χ1v) is 10.4. The van der Waals surface area contributed by atoms with Crippen molar-refractivity contribution in [2.75, 3.05) is 20.4 Å². The minimum atomic E-state index is -3.71. The molecule has 140 valence electrons. The fraction of sp³-hybridized carbons (Fsp3) is 0.294. The molecule has 0 unspecified atom stereocenters. The molecule has 9 heteroatoms. The standard InChI is InChI=1S/C17H20N4O2S2.ClH/c1-12-10-13(11-20(2)3)18-16-15(17(24-4)19-21(12)16)25(22,23)14-8-6-5-7-9-14;/h5-10H,11H2,1-4H3;1H. The number of nitrogens with zero attached hydrogens (tertiary/aromatic N) is 4. The lowest BCUT2D eigenvalue weighted by Gasteiger charge is -2.10. The van der Waals surface area contributed by atoms with Gasteiger partial charge in [-0.1, -0.05) is 18.2 Å². The van der Waals surface area contributed by atoms with Crippen molar-refractivity contribution >= 4 is 39.7 Å². The van der Waals surface area contributed by atoms with Gasteiger partial charge in [-0.2, -0.15) is 5.10 Å². The summed E-state index contributed by atoms with van der Waals surface area (Å²) in [6.07, 6.45) is 1.82. The molecule has 1 aromatic carbocycles. The van der Waals surface area contributed by atoms with E-state index in [2.05, 4.69) is 10.1 Å². The molecule has 3 aromatic rings. The zero-order valence-corrected chi connectivity index (χ0v) is 17.5. The van der Waals surface area contributed by atoms with Gasteiger partial charge in [-0.3, -0.25) is 0 Å². The van der Waals surface area contributed by atoms with E-state index in [0.29, 0.717) is 17.2 Å². The predicted molar refractivity (Wildman–Crippen MR) is 106 cm³/mol. The van der Waals surface area contributed by atoms with Crippen LogP contribution in [0.5, 0.6) is 0 Å². The summed E-state index contributed by atoms with van der Waals surface area (Å²) >= 11 is 1.31. The van der Waals surface area contributed by atoms with Gasteiger partial charge < -0.3 is 4.90 Å². The molecule has 26 heavy (non-hydrogen) atoms. The van der Waals surface area contributed by atoms with E-state index in [0.717, 1.165) is 11.4 Å². The van der Waals surface area contributed by atoms with E-state index < -0.39 is 9.84 Å². The van der Waals surface area contributed by atoms with Gasteiger partial charge in [0.15, 0.2) is 10.5 Å². The molecule has 0 amide bonds. The lowest BCUT2D eigenvalue weighted by molar-refractivity contribution is 0.396. The maximum Gasteiger partial charge on any atom is 0.213 e. The molecule has 0 N–H and O–H groups in total. The monoisotopic (exact) mass is 412 g/mol. The van der Waals surface area contributed by atoms with Crippen molar-refractivity contribution < 1.29 is 8.42 Å². The second-order valence-electron chi connectivity index (χ2n) is 6.02. The average Bonchev–Trinajstić information content (AvgIpc) is 2.95. The second kappa shape index (κ2) is 7.96.